The average Bonchev–Trinajstić information content (AvgIpc) is 2.36. The van der Waals surface area contributed by atoms with Gasteiger partial charge in [-0.25, -0.2) is 9.18 Å². The molecule has 7 heteroatoms. The first-order valence-corrected chi connectivity index (χ1v) is 6.38. The summed E-state index contributed by atoms with van der Waals surface area (Å²) in [7, 11) is 0. The minimum absolute atomic E-state index is 0.0981. The van der Waals surface area contributed by atoms with Crippen LogP contribution in [0.5, 0.6) is 0 Å². The second kappa shape index (κ2) is 5.63. The van der Waals surface area contributed by atoms with Gasteiger partial charge in [0.15, 0.2) is 0 Å². The Labute approximate surface area is 118 Å². The summed E-state index contributed by atoms with van der Waals surface area (Å²) in [5, 5.41) is 0. The number of benzene rings is 1. The molecule has 0 fully saturated rings. The number of ether oxygens (including phenoxy) is 2. The molecule has 0 aromatic heterocycles. The molecule has 0 spiro atoms. The largest absolute Gasteiger partial charge is 0.455 e. The molecule has 0 bridgehead atoms. The number of hydrogen-bond acceptors (Lipinski definition) is 3. The molecule has 2 unspecified atom stereocenters. The lowest BCUT2D eigenvalue weighted by Gasteiger charge is -2.35. The fourth-order valence-electron chi connectivity index (χ4n) is 2.23. The Morgan fingerprint density at radius 3 is 2.57 bits per heavy atom. The molecule has 3 nitrogen and oxygen atoms in total. The standard InChI is InChI=1S/C14H14F4O3/c1-7(2)11-12(20-6-14(16,17)18)9-4-3-8(15)5-10(9)13(19)21-11/h3-5,7,11-12H,6H2,1-2H3. The van der Waals surface area contributed by atoms with Gasteiger partial charge >= 0.3 is 12.1 Å². The normalized spacial score (nSPS) is 22.1. The summed E-state index contributed by atoms with van der Waals surface area (Å²) >= 11 is 0. The number of carbonyl (C=O) groups excluding carboxylic acids is 1. The van der Waals surface area contributed by atoms with Gasteiger partial charge in [-0.15, -0.1) is 0 Å². The maximum Gasteiger partial charge on any atom is 0.411 e. The SMILES string of the molecule is CC(C)C1OC(=O)c2cc(F)ccc2C1OCC(F)(F)F. The Morgan fingerprint density at radius 2 is 2.00 bits per heavy atom. The monoisotopic (exact) mass is 306 g/mol. The molecule has 2 rings (SSSR count). The number of rotatable bonds is 3. The van der Waals surface area contributed by atoms with Gasteiger partial charge in [0, 0.05) is 0 Å². The van der Waals surface area contributed by atoms with E-state index in [4.69, 9.17) is 9.47 Å². The minimum atomic E-state index is -4.50. The maximum absolute atomic E-state index is 13.2. The molecule has 21 heavy (non-hydrogen) atoms. The Balaban J connectivity index is 2.37. The van der Waals surface area contributed by atoms with Crippen molar-refractivity contribution in [2.45, 2.75) is 32.2 Å². The third-order valence-corrected chi connectivity index (χ3v) is 3.17. The molecule has 1 aliphatic heterocycles. The van der Waals surface area contributed by atoms with E-state index in [1.165, 1.54) is 6.07 Å². The van der Waals surface area contributed by atoms with Crippen LogP contribution in [0.1, 0.15) is 35.9 Å². The van der Waals surface area contributed by atoms with Crippen LogP contribution >= 0.6 is 0 Å². The Bertz CT molecular complexity index is 540. The van der Waals surface area contributed by atoms with E-state index in [0.717, 1.165) is 12.1 Å². The number of hydrogen-bond donors (Lipinski definition) is 0. The van der Waals surface area contributed by atoms with Gasteiger partial charge in [0.1, 0.15) is 24.6 Å². The second-order valence-corrected chi connectivity index (χ2v) is 5.19. The van der Waals surface area contributed by atoms with Crippen molar-refractivity contribution in [2.75, 3.05) is 6.61 Å². The van der Waals surface area contributed by atoms with Crippen LogP contribution in [0.25, 0.3) is 0 Å². The summed E-state index contributed by atoms with van der Waals surface area (Å²) < 4.78 is 60.3. The van der Waals surface area contributed by atoms with E-state index < -0.39 is 36.8 Å². The predicted octanol–water partition coefficient (Wildman–Crippen LogP) is 3.64. The van der Waals surface area contributed by atoms with Crippen molar-refractivity contribution >= 4 is 5.97 Å². The highest BCUT2D eigenvalue weighted by molar-refractivity contribution is 5.92. The number of cyclic esters (lactones) is 1. The predicted molar refractivity (Wildman–Crippen MR) is 65.2 cm³/mol. The van der Waals surface area contributed by atoms with E-state index in [9.17, 15) is 22.4 Å². The van der Waals surface area contributed by atoms with Crippen molar-refractivity contribution in [1.29, 1.82) is 0 Å². The van der Waals surface area contributed by atoms with Gasteiger partial charge in [0.25, 0.3) is 0 Å². The van der Waals surface area contributed by atoms with E-state index in [1.54, 1.807) is 13.8 Å². The number of esters is 1. The molecule has 1 heterocycles. The lowest BCUT2D eigenvalue weighted by Crippen LogP contribution is -2.38. The molecule has 116 valence electrons. The van der Waals surface area contributed by atoms with Gasteiger partial charge in [-0.3, -0.25) is 0 Å². The van der Waals surface area contributed by atoms with E-state index in [2.05, 4.69) is 0 Å². The van der Waals surface area contributed by atoms with E-state index in [1.807, 2.05) is 0 Å². The second-order valence-electron chi connectivity index (χ2n) is 5.19. The van der Waals surface area contributed by atoms with Crippen LogP contribution in [-0.4, -0.2) is 24.9 Å². The van der Waals surface area contributed by atoms with Gasteiger partial charge in [-0.1, -0.05) is 19.9 Å². The van der Waals surface area contributed by atoms with Gasteiger partial charge in [0.2, 0.25) is 0 Å². The summed E-state index contributed by atoms with van der Waals surface area (Å²) in [4.78, 5) is 11.8. The Hall–Kier alpha value is -1.63. The number of carbonyl (C=O) groups is 1. The molecule has 0 amide bonds. The van der Waals surface area contributed by atoms with Crippen LogP contribution in [-0.2, 0) is 9.47 Å². The van der Waals surface area contributed by atoms with E-state index in [-0.39, 0.29) is 17.0 Å². The zero-order valence-corrected chi connectivity index (χ0v) is 11.4. The summed E-state index contributed by atoms with van der Waals surface area (Å²) in [5.74, 6) is -1.66. The molecule has 1 aliphatic rings. The quantitative estimate of drug-likeness (QED) is 0.632. The highest BCUT2D eigenvalue weighted by atomic mass is 19.4. The van der Waals surface area contributed by atoms with Gasteiger partial charge in [-0.05, 0) is 23.6 Å². The molecule has 0 saturated carbocycles. The molecule has 1 aromatic rings. The summed E-state index contributed by atoms with van der Waals surface area (Å²) in [6.07, 6.45) is -6.42. The number of halogens is 4. The maximum atomic E-state index is 13.2. The molecule has 0 N–H and O–H groups in total. The van der Waals surface area contributed by atoms with Crippen molar-refractivity contribution in [3.63, 3.8) is 0 Å². The molecular weight excluding hydrogens is 292 g/mol. The van der Waals surface area contributed by atoms with Crippen molar-refractivity contribution in [1.82, 2.24) is 0 Å². The van der Waals surface area contributed by atoms with Crippen LogP contribution < -0.4 is 0 Å². The van der Waals surface area contributed by atoms with Crippen LogP contribution in [0, 0.1) is 11.7 Å². The van der Waals surface area contributed by atoms with E-state index >= 15 is 0 Å². The third kappa shape index (κ3) is 3.53. The summed E-state index contributed by atoms with van der Waals surface area (Å²) in [5.41, 5.74) is 0.120. The van der Waals surface area contributed by atoms with Crippen molar-refractivity contribution in [2.24, 2.45) is 5.92 Å². The lowest BCUT2D eigenvalue weighted by atomic mass is 9.90. The van der Waals surface area contributed by atoms with Crippen LogP contribution in [0.2, 0.25) is 0 Å². The van der Waals surface area contributed by atoms with Crippen LogP contribution in [0.4, 0.5) is 17.6 Å². The van der Waals surface area contributed by atoms with Crippen molar-refractivity contribution in [3.05, 3.63) is 35.1 Å². The zero-order chi connectivity index (χ0) is 15.8. The first kappa shape index (κ1) is 15.8. The highest BCUT2D eigenvalue weighted by Gasteiger charge is 2.40. The molecule has 2 atom stereocenters. The van der Waals surface area contributed by atoms with Crippen LogP contribution in [0.3, 0.4) is 0 Å². The number of fused-ring (bicyclic) bond motifs is 1. The summed E-state index contributed by atoms with van der Waals surface area (Å²) in [6, 6.07) is 3.29. The Kier molecular flexibility index (Phi) is 4.22. The minimum Gasteiger partial charge on any atom is -0.455 e. The molecule has 0 radical (unpaired) electrons. The topological polar surface area (TPSA) is 35.5 Å². The van der Waals surface area contributed by atoms with Gasteiger partial charge < -0.3 is 9.47 Å². The lowest BCUT2D eigenvalue weighted by molar-refractivity contribution is -0.200. The first-order chi connectivity index (χ1) is 9.69. The average molecular weight is 306 g/mol. The van der Waals surface area contributed by atoms with Gasteiger partial charge in [0.05, 0.1) is 5.56 Å². The summed E-state index contributed by atoms with van der Waals surface area (Å²) in [6.45, 7) is 1.95. The molecule has 0 saturated heterocycles. The fourth-order valence-corrected chi connectivity index (χ4v) is 2.23. The molecule has 0 aliphatic carbocycles. The number of alkyl halides is 3. The third-order valence-electron chi connectivity index (χ3n) is 3.17. The van der Waals surface area contributed by atoms with Crippen molar-refractivity contribution < 1.29 is 31.8 Å². The van der Waals surface area contributed by atoms with E-state index in [0.29, 0.717) is 0 Å². The molecular formula is C14H14F4O3. The first-order valence-electron chi connectivity index (χ1n) is 6.38. The molecule has 1 aromatic carbocycles. The van der Waals surface area contributed by atoms with Crippen molar-refractivity contribution in [3.8, 4) is 0 Å². The van der Waals surface area contributed by atoms with Gasteiger partial charge in [-0.2, -0.15) is 13.2 Å². The smallest absolute Gasteiger partial charge is 0.411 e. The van der Waals surface area contributed by atoms with Crippen LogP contribution in [0.15, 0.2) is 18.2 Å². The Morgan fingerprint density at radius 1 is 1.33 bits per heavy atom. The fraction of sp³-hybridized carbons (Fsp3) is 0.500. The highest BCUT2D eigenvalue weighted by Crippen LogP contribution is 2.37. The zero-order valence-electron chi connectivity index (χ0n) is 11.4.